The number of aryl methyl sites for hydroxylation is 1. The monoisotopic (exact) mass is 217 g/mol. The van der Waals surface area contributed by atoms with Crippen LogP contribution in [0.4, 0.5) is 0 Å². The highest BCUT2D eigenvalue weighted by atomic mass is 16.3. The summed E-state index contributed by atoms with van der Waals surface area (Å²) in [5.41, 5.74) is 3.05. The van der Waals surface area contributed by atoms with E-state index in [2.05, 4.69) is 29.2 Å². The number of piperidine rings is 1. The maximum atomic E-state index is 9.54. The van der Waals surface area contributed by atoms with Crippen LogP contribution in [0.15, 0.2) is 24.3 Å². The molecule has 1 aromatic carbocycles. The van der Waals surface area contributed by atoms with Crippen LogP contribution in [0.3, 0.4) is 0 Å². The first-order valence-corrected chi connectivity index (χ1v) is 6.34. The average molecular weight is 217 g/mol. The molecule has 1 aliphatic carbocycles. The van der Waals surface area contributed by atoms with Gasteiger partial charge in [0.1, 0.15) is 0 Å². The zero-order chi connectivity index (χ0) is 11.0. The fourth-order valence-electron chi connectivity index (χ4n) is 3.11. The molecule has 0 bridgehead atoms. The van der Waals surface area contributed by atoms with E-state index in [1.807, 2.05) is 0 Å². The molecule has 1 heterocycles. The minimum absolute atomic E-state index is 0.0621. The second-order valence-electron chi connectivity index (χ2n) is 5.02. The summed E-state index contributed by atoms with van der Waals surface area (Å²) in [4.78, 5) is 2.55. The first kappa shape index (κ1) is 10.3. The van der Waals surface area contributed by atoms with Crippen molar-refractivity contribution >= 4 is 0 Å². The van der Waals surface area contributed by atoms with E-state index < -0.39 is 0 Å². The predicted octanol–water partition coefficient (Wildman–Crippen LogP) is 2.13. The Balaban J connectivity index is 1.77. The first-order valence-electron chi connectivity index (χ1n) is 6.34. The second kappa shape index (κ2) is 4.19. The van der Waals surface area contributed by atoms with E-state index in [9.17, 15) is 5.11 Å². The zero-order valence-electron chi connectivity index (χ0n) is 9.60. The van der Waals surface area contributed by atoms with Gasteiger partial charge in [-0.3, -0.25) is 4.90 Å². The van der Waals surface area contributed by atoms with Crippen molar-refractivity contribution in [1.82, 2.24) is 4.90 Å². The van der Waals surface area contributed by atoms with Crippen molar-refractivity contribution in [2.45, 2.75) is 37.8 Å². The molecule has 16 heavy (non-hydrogen) atoms. The summed E-state index contributed by atoms with van der Waals surface area (Å²) >= 11 is 0. The second-order valence-corrected chi connectivity index (χ2v) is 5.02. The fraction of sp³-hybridized carbons (Fsp3) is 0.571. The molecule has 0 amide bonds. The van der Waals surface area contributed by atoms with E-state index in [0.29, 0.717) is 6.04 Å². The first-order chi connectivity index (χ1) is 7.84. The summed E-state index contributed by atoms with van der Waals surface area (Å²) in [5, 5.41) is 9.54. The molecule has 2 heteroatoms. The van der Waals surface area contributed by atoms with Gasteiger partial charge in [-0.1, -0.05) is 24.3 Å². The Hall–Kier alpha value is -0.860. The van der Waals surface area contributed by atoms with Crippen molar-refractivity contribution in [2.24, 2.45) is 0 Å². The minimum atomic E-state index is -0.0621. The fourth-order valence-corrected chi connectivity index (χ4v) is 3.11. The molecule has 86 valence electrons. The zero-order valence-corrected chi connectivity index (χ0v) is 9.60. The highest BCUT2D eigenvalue weighted by molar-refractivity contribution is 5.34. The molecule has 1 aromatic rings. The van der Waals surface area contributed by atoms with E-state index in [4.69, 9.17) is 0 Å². The van der Waals surface area contributed by atoms with Crippen LogP contribution in [0.5, 0.6) is 0 Å². The quantitative estimate of drug-likeness (QED) is 0.779. The number of fused-ring (bicyclic) bond motifs is 1. The third kappa shape index (κ3) is 1.76. The lowest BCUT2D eigenvalue weighted by Gasteiger charge is -2.34. The van der Waals surface area contributed by atoms with E-state index in [1.54, 1.807) is 0 Å². The average Bonchev–Trinajstić information content (AvgIpc) is 2.74. The van der Waals surface area contributed by atoms with E-state index in [0.717, 1.165) is 25.9 Å². The Morgan fingerprint density at radius 2 is 1.81 bits per heavy atom. The van der Waals surface area contributed by atoms with Gasteiger partial charge < -0.3 is 5.11 Å². The molecule has 2 aliphatic rings. The molecular weight excluding hydrogens is 198 g/mol. The lowest BCUT2D eigenvalue weighted by Crippen LogP contribution is -2.37. The van der Waals surface area contributed by atoms with Crippen LogP contribution < -0.4 is 0 Å². The predicted molar refractivity (Wildman–Crippen MR) is 64.3 cm³/mol. The van der Waals surface area contributed by atoms with Crippen LogP contribution in [-0.2, 0) is 6.42 Å². The number of hydrogen-bond donors (Lipinski definition) is 1. The Morgan fingerprint density at radius 3 is 2.62 bits per heavy atom. The number of hydrogen-bond acceptors (Lipinski definition) is 2. The number of rotatable bonds is 1. The normalized spacial score (nSPS) is 26.9. The molecule has 0 aromatic heterocycles. The highest BCUT2D eigenvalue weighted by Crippen LogP contribution is 2.36. The molecule has 0 radical (unpaired) electrons. The van der Waals surface area contributed by atoms with Crippen molar-refractivity contribution < 1.29 is 5.11 Å². The minimum Gasteiger partial charge on any atom is -0.393 e. The topological polar surface area (TPSA) is 23.5 Å². The van der Waals surface area contributed by atoms with Gasteiger partial charge in [0.2, 0.25) is 0 Å². The lowest BCUT2D eigenvalue weighted by atomic mass is 10.0. The van der Waals surface area contributed by atoms with Crippen molar-refractivity contribution in [3.63, 3.8) is 0 Å². The highest BCUT2D eigenvalue weighted by Gasteiger charge is 2.29. The molecular formula is C14H19NO. The van der Waals surface area contributed by atoms with Crippen molar-refractivity contribution in [1.29, 1.82) is 0 Å². The third-order valence-corrected chi connectivity index (χ3v) is 4.04. The van der Waals surface area contributed by atoms with E-state index >= 15 is 0 Å². The maximum Gasteiger partial charge on any atom is 0.0564 e. The van der Waals surface area contributed by atoms with Gasteiger partial charge in [0.25, 0.3) is 0 Å². The van der Waals surface area contributed by atoms with Gasteiger partial charge in [-0.15, -0.1) is 0 Å². The molecule has 1 atom stereocenters. The van der Waals surface area contributed by atoms with Crippen LogP contribution in [0, 0.1) is 0 Å². The number of nitrogens with zero attached hydrogens (tertiary/aromatic N) is 1. The molecule has 3 rings (SSSR count). The summed E-state index contributed by atoms with van der Waals surface area (Å²) < 4.78 is 0. The maximum absolute atomic E-state index is 9.54. The Bertz CT molecular complexity index is 369. The van der Waals surface area contributed by atoms with Crippen molar-refractivity contribution in [2.75, 3.05) is 13.1 Å². The van der Waals surface area contributed by atoms with E-state index in [-0.39, 0.29) is 6.10 Å². The Kier molecular flexibility index (Phi) is 2.70. The van der Waals surface area contributed by atoms with Gasteiger partial charge in [0.05, 0.1) is 6.10 Å². The van der Waals surface area contributed by atoms with Crippen LogP contribution >= 0.6 is 0 Å². The number of benzene rings is 1. The Morgan fingerprint density at radius 1 is 1.06 bits per heavy atom. The molecule has 0 saturated carbocycles. The van der Waals surface area contributed by atoms with Gasteiger partial charge in [0, 0.05) is 19.1 Å². The van der Waals surface area contributed by atoms with Crippen LogP contribution in [0.2, 0.25) is 0 Å². The van der Waals surface area contributed by atoms with Crippen LogP contribution in [0.25, 0.3) is 0 Å². The molecule has 1 saturated heterocycles. The van der Waals surface area contributed by atoms with Gasteiger partial charge in [-0.05, 0) is 36.8 Å². The summed E-state index contributed by atoms with van der Waals surface area (Å²) in [6.07, 6.45) is 4.31. The van der Waals surface area contributed by atoms with Crippen LogP contribution in [-0.4, -0.2) is 29.2 Å². The van der Waals surface area contributed by atoms with Crippen LogP contribution in [0.1, 0.15) is 36.4 Å². The standard InChI is InChI=1S/C14H19NO/c16-12-7-9-15(10-8-12)14-6-5-11-3-1-2-4-13(11)14/h1-4,12,14,16H,5-10H2. The largest absolute Gasteiger partial charge is 0.393 e. The third-order valence-electron chi connectivity index (χ3n) is 4.04. The number of aliphatic hydroxyl groups excluding tert-OH is 1. The molecule has 0 spiro atoms. The summed E-state index contributed by atoms with van der Waals surface area (Å²) in [7, 11) is 0. The van der Waals surface area contributed by atoms with Gasteiger partial charge >= 0.3 is 0 Å². The Labute approximate surface area is 96.9 Å². The summed E-state index contributed by atoms with van der Waals surface area (Å²) in [6, 6.07) is 9.44. The van der Waals surface area contributed by atoms with Gasteiger partial charge in [-0.2, -0.15) is 0 Å². The molecule has 1 aliphatic heterocycles. The number of aliphatic hydroxyl groups is 1. The molecule has 1 unspecified atom stereocenters. The number of likely N-dealkylation sites (tertiary alicyclic amines) is 1. The molecule has 2 nitrogen and oxygen atoms in total. The van der Waals surface area contributed by atoms with Gasteiger partial charge in [-0.25, -0.2) is 0 Å². The SMILES string of the molecule is OC1CCN(C2CCc3ccccc32)CC1. The molecule has 1 N–H and O–H groups in total. The van der Waals surface area contributed by atoms with E-state index in [1.165, 1.54) is 24.0 Å². The van der Waals surface area contributed by atoms with Crippen molar-refractivity contribution in [3.05, 3.63) is 35.4 Å². The smallest absolute Gasteiger partial charge is 0.0564 e. The molecule has 1 fully saturated rings. The lowest BCUT2D eigenvalue weighted by molar-refractivity contribution is 0.0606. The summed E-state index contributed by atoms with van der Waals surface area (Å²) in [5.74, 6) is 0. The van der Waals surface area contributed by atoms with Crippen molar-refractivity contribution in [3.8, 4) is 0 Å². The van der Waals surface area contributed by atoms with Gasteiger partial charge in [0.15, 0.2) is 0 Å². The summed E-state index contributed by atoms with van der Waals surface area (Å²) in [6.45, 7) is 2.11.